The van der Waals surface area contributed by atoms with Gasteiger partial charge >= 0.3 is 0 Å². The standard InChI is InChI=1S/C24H24N2O4S/c1-15-11-16(13-18-5-4-9-30-18)23-20(12-15)22(19-6-2-3-7-21(19)26-23)24(27)25-17-8-10-31(28,29)14-17/h2-7,9,13,15,17H,8,10-12,14H2,1H3,(H,25,27)/b16-13-. The second kappa shape index (κ2) is 7.64. The Morgan fingerprint density at radius 1 is 1.19 bits per heavy atom. The van der Waals surface area contributed by atoms with Crippen molar-refractivity contribution < 1.29 is 17.6 Å². The second-order valence-electron chi connectivity index (χ2n) is 8.60. The highest BCUT2D eigenvalue weighted by molar-refractivity contribution is 7.91. The molecule has 0 saturated carbocycles. The summed E-state index contributed by atoms with van der Waals surface area (Å²) >= 11 is 0. The summed E-state index contributed by atoms with van der Waals surface area (Å²) in [6.45, 7) is 2.17. The lowest BCUT2D eigenvalue weighted by atomic mass is 9.80. The van der Waals surface area contributed by atoms with Gasteiger partial charge in [-0.3, -0.25) is 4.79 Å². The summed E-state index contributed by atoms with van der Waals surface area (Å²) in [5.41, 5.74) is 4.17. The number of hydrogen-bond donors (Lipinski definition) is 1. The molecule has 1 aromatic carbocycles. The minimum absolute atomic E-state index is 0.00396. The summed E-state index contributed by atoms with van der Waals surface area (Å²) in [4.78, 5) is 18.4. The number of para-hydroxylation sites is 1. The van der Waals surface area contributed by atoms with E-state index >= 15 is 0 Å². The quantitative estimate of drug-likeness (QED) is 0.673. The second-order valence-corrected chi connectivity index (χ2v) is 10.8. The zero-order valence-electron chi connectivity index (χ0n) is 17.3. The summed E-state index contributed by atoms with van der Waals surface area (Å²) in [6.07, 6.45) is 5.69. The number of carbonyl (C=O) groups is 1. The monoisotopic (exact) mass is 436 g/mol. The first-order valence-electron chi connectivity index (χ1n) is 10.6. The van der Waals surface area contributed by atoms with Crippen molar-refractivity contribution in [3.63, 3.8) is 0 Å². The molecule has 31 heavy (non-hydrogen) atoms. The molecule has 3 heterocycles. The molecule has 1 N–H and O–H groups in total. The number of pyridine rings is 1. The van der Waals surface area contributed by atoms with E-state index < -0.39 is 9.84 Å². The van der Waals surface area contributed by atoms with E-state index in [0.717, 1.165) is 46.3 Å². The zero-order chi connectivity index (χ0) is 21.6. The predicted octanol–water partition coefficient (Wildman–Crippen LogP) is 3.87. The first kappa shape index (κ1) is 20.0. The van der Waals surface area contributed by atoms with Crippen LogP contribution in [0.25, 0.3) is 22.6 Å². The van der Waals surface area contributed by atoms with Crippen LogP contribution in [-0.2, 0) is 16.3 Å². The number of sulfone groups is 1. The fraction of sp³-hybridized carbons (Fsp3) is 0.333. The number of carbonyl (C=O) groups excluding carboxylic acids is 1. The fourth-order valence-electron chi connectivity index (χ4n) is 4.71. The van der Waals surface area contributed by atoms with Gasteiger partial charge in [-0.1, -0.05) is 25.1 Å². The van der Waals surface area contributed by atoms with Gasteiger partial charge in [-0.15, -0.1) is 0 Å². The fourth-order valence-corrected chi connectivity index (χ4v) is 6.38. The molecule has 1 fully saturated rings. The third-order valence-electron chi connectivity index (χ3n) is 6.07. The van der Waals surface area contributed by atoms with Gasteiger partial charge in [0.2, 0.25) is 0 Å². The van der Waals surface area contributed by atoms with Crippen molar-refractivity contribution in [1.82, 2.24) is 10.3 Å². The highest BCUT2D eigenvalue weighted by Crippen LogP contribution is 2.38. The van der Waals surface area contributed by atoms with Crippen molar-refractivity contribution >= 4 is 38.3 Å². The summed E-state index contributed by atoms with van der Waals surface area (Å²) in [7, 11) is -3.08. The number of allylic oxidation sites excluding steroid dienone is 1. The zero-order valence-corrected chi connectivity index (χ0v) is 18.1. The Morgan fingerprint density at radius 2 is 2.03 bits per heavy atom. The molecule has 1 aliphatic carbocycles. The molecule has 0 bridgehead atoms. The predicted molar refractivity (Wildman–Crippen MR) is 120 cm³/mol. The van der Waals surface area contributed by atoms with Gasteiger partial charge in [0.1, 0.15) is 5.76 Å². The molecule has 0 radical (unpaired) electrons. The lowest BCUT2D eigenvalue weighted by molar-refractivity contribution is 0.0941. The van der Waals surface area contributed by atoms with Crippen LogP contribution in [0, 0.1) is 5.92 Å². The topological polar surface area (TPSA) is 89.3 Å². The Morgan fingerprint density at radius 3 is 2.77 bits per heavy atom. The molecule has 3 aromatic rings. The van der Waals surface area contributed by atoms with Crippen molar-refractivity contribution in [2.45, 2.75) is 32.2 Å². The van der Waals surface area contributed by atoms with Crippen LogP contribution in [0.5, 0.6) is 0 Å². The molecule has 2 aromatic heterocycles. The lowest BCUT2D eigenvalue weighted by Gasteiger charge is -2.27. The van der Waals surface area contributed by atoms with Crippen LogP contribution in [0.2, 0.25) is 0 Å². The van der Waals surface area contributed by atoms with Gasteiger partial charge in [-0.2, -0.15) is 0 Å². The molecule has 1 aliphatic heterocycles. The van der Waals surface area contributed by atoms with Crippen molar-refractivity contribution in [3.8, 4) is 0 Å². The number of benzene rings is 1. The Kier molecular flexibility index (Phi) is 4.93. The molecule has 160 valence electrons. The van der Waals surface area contributed by atoms with Crippen molar-refractivity contribution in [3.05, 3.63) is 65.2 Å². The van der Waals surface area contributed by atoms with Gasteiger partial charge in [0.25, 0.3) is 5.91 Å². The third kappa shape index (κ3) is 3.90. The molecule has 5 rings (SSSR count). The van der Waals surface area contributed by atoms with E-state index in [0.29, 0.717) is 17.9 Å². The summed E-state index contributed by atoms with van der Waals surface area (Å²) in [6, 6.07) is 11.0. The number of furan rings is 1. The number of fused-ring (bicyclic) bond motifs is 2. The van der Waals surface area contributed by atoms with Crippen LogP contribution < -0.4 is 5.32 Å². The summed E-state index contributed by atoms with van der Waals surface area (Å²) in [5.74, 6) is 1.01. The maximum absolute atomic E-state index is 13.5. The van der Waals surface area contributed by atoms with Gasteiger partial charge in [0.15, 0.2) is 9.84 Å². The molecule has 6 nitrogen and oxygen atoms in total. The highest BCUT2D eigenvalue weighted by Gasteiger charge is 2.32. The van der Waals surface area contributed by atoms with Gasteiger partial charge < -0.3 is 9.73 Å². The summed E-state index contributed by atoms with van der Waals surface area (Å²) < 4.78 is 29.2. The Balaban J connectivity index is 1.64. The molecule has 0 spiro atoms. The Hall–Kier alpha value is -2.93. The van der Waals surface area contributed by atoms with Crippen LogP contribution in [0.15, 0.2) is 47.1 Å². The summed E-state index contributed by atoms with van der Waals surface area (Å²) in [5, 5.41) is 3.78. The minimum Gasteiger partial charge on any atom is -0.465 e. The van der Waals surface area contributed by atoms with Crippen molar-refractivity contribution in [2.24, 2.45) is 5.92 Å². The van der Waals surface area contributed by atoms with E-state index in [1.807, 2.05) is 42.5 Å². The molecule has 1 amide bonds. The SMILES string of the molecule is CC1C/C(=C/c2ccco2)c2nc3ccccc3c(C(=O)NC3CCS(=O)(=O)C3)c2C1. The molecule has 2 aliphatic rings. The average molecular weight is 437 g/mol. The number of rotatable bonds is 3. The maximum Gasteiger partial charge on any atom is 0.252 e. The highest BCUT2D eigenvalue weighted by atomic mass is 32.2. The van der Waals surface area contributed by atoms with Crippen LogP contribution >= 0.6 is 0 Å². The van der Waals surface area contributed by atoms with Crippen molar-refractivity contribution in [2.75, 3.05) is 11.5 Å². The van der Waals surface area contributed by atoms with Gasteiger partial charge in [-0.25, -0.2) is 13.4 Å². The molecule has 1 saturated heterocycles. The number of nitrogens with zero attached hydrogens (tertiary/aromatic N) is 1. The number of hydrogen-bond acceptors (Lipinski definition) is 5. The Bertz CT molecular complexity index is 1290. The molecule has 2 unspecified atom stereocenters. The van der Waals surface area contributed by atoms with Gasteiger partial charge in [-0.05, 0) is 60.6 Å². The van der Waals surface area contributed by atoms with Crippen molar-refractivity contribution in [1.29, 1.82) is 0 Å². The van der Waals surface area contributed by atoms with Gasteiger partial charge in [0, 0.05) is 11.4 Å². The maximum atomic E-state index is 13.5. The first-order chi connectivity index (χ1) is 14.9. The van der Waals surface area contributed by atoms with Crippen LogP contribution in [-0.4, -0.2) is 36.9 Å². The molecule has 2 atom stereocenters. The van der Waals surface area contributed by atoms with E-state index in [-0.39, 0.29) is 23.5 Å². The smallest absolute Gasteiger partial charge is 0.252 e. The minimum atomic E-state index is -3.08. The van der Waals surface area contributed by atoms with E-state index in [1.54, 1.807) is 6.26 Å². The Labute approximate surface area is 181 Å². The number of amides is 1. The molecular weight excluding hydrogens is 412 g/mol. The van der Waals surface area contributed by atoms with Crippen LogP contribution in [0.4, 0.5) is 0 Å². The normalized spacial score (nSPS) is 23.7. The van der Waals surface area contributed by atoms with E-state index in [4.69, 9.17) is 9.40 Å². The van der Waals surface area contributed by atoms with E-state index in [9.17, 15) is 13.2 Å². The number of aromatic nitrogens is 1. The average Bonchev–Trinajstić information content (AvgIpc) is 3.35. The van der Waals surface area contributed by atoms with Crippen LogP contribution in [0.1, 0.15) is 47.1 Å². The first-order valence-corrected chi connectivity index (χ1v) is 12.4. The van der Waals surface area contributed by atoms with Gasteiger partial charge in [0.05, 0.1) is 34.5 Å². The largest absolute Gasteiger partial charge is 0.465 e. The third-order valence-corrected chi connectivity index (χ3v) is 7.84. The lowest BCUT2D eigenvalue weighted by Crippen LogP contribution is -2.36. The van der Waals surface area contributed by atoms with E-state index in [2.05, 4.69) is 12.2 Å². The van der Waals surface area contributed by atoms with E-state index in [1.165, 1.54) is 0 Å². The molecule has 7 heteroatoms. The number of nitrogens with one attached hydrogen (secondary N) is 1. The molecular formula is C24H24N2O4S. The van der Waals surface area contributed by atoms with Crippen LogP contribution in [0.3, 0.4) is 0 Å².